The van der Waals surface area contributed by atoms with Crippen LogP contribution in [0.3, 0.4) is 0 Å². The number of nitrogens with one attached hydrogen (secondary N) is 3. The van der Waals surface area contributed by atoms with Crippen molar-refractivity contribution in [3.05, 3.63) is 96.3 Å². The largest absolute Gasteiger partial charge is 0.374 e. The summed E-state index contributed by atoms with van der Waals surface area (Å²) in [5.41, 5.74) is 7.76. The van der Waals surface area contributed by atoms with Crippen LogP contribution in [0.1, 0.15) is 129 Å². The molecule has 0 spiro atoms. The number of rotatable bonds is 17. The van der Waals surface area contributed by atoms with E-state index < -0.39 is 6.04 Å². The molecule has 9 heterocycles. The third-order valence-electron chi connectivity index (χ3n) is 18.0. The van der Waals surface area contributed by atoms with Crippen molar-refractivity contribution in [2.24, 2.45) is 0 Å². The summed E-state index contributed by atoms with van der Waals surface area (Å²) in [5.74, 6) is 1.95. The molecule has 5 aliphatic rings. The lowest BCUT2D eigenvalue weighted by molar-refractivity contribution is -0.134. The molecule has 12 rings (SSSR count). The number of carbonyl (C=O) groups is 5. The predicted molar refractivity (Wildman–Crippen MR) is 335 cm³/mol. The highest BCUT2D eigenvalue weighted by atomic mass is 16.2. The van der Waals surface area contributed by atoms with Gasteiger partial charge in [0, 0.05) is 136 Å². The summed E-state index contributed by atoms with van der Waals surface area (Å²) in [6.07, 6.45) is 19.8. The summed E-state index contributed by atoms with van der Waals surface area (Å²) in [6, 6.07) is 18.4. The summed E-state index contributed by atoms with van der Waals surface area (Å²) in [7, 11) is 12.8. The van der Waals surface area contributed by atoms with Gasteiger partial charge in [-0.1, -0.05) is 37.8 Å². The molecule has 1 atom stereocenters. The van der Waals surface area contributed by atoms with Crippen LogP contribution in [0.4, 0.5) is 46.3 Å². The zero-order chi connectivity index (χ0) is 60.3. The van der Waals surface area contributed by atoms with Crippen molar-refractivity contribution in [2.45, 2.75) is 114 Å². The van der Waals surface area contributed by atoms with E-state index >= 15 is 0 Å². The molecule has 3 N–H and O–H groups in total. The summed E-state index contributed by atoms with van der Waals surface area (Å²) < 4.78 is 4.23. The van der Waals surface area contributed by atoms with E-state index in [2.05, 4.69) is 73.8 Å². The van der Waals surface area contributed by atoms with Gasteiger partial charge in [-0.15, -0.1) is 0 Å². The molecule has 0 radical (unpaired) electrons. The SMILES string of the molecule is CCN(C)c1ccc(Nc2ncc3cc(C(=O)N(C)C)n(C4CCCC4)c3n2)nc1.CN(C)C(=O)c1cc2cnc(Nc3ccc(N4CCC(N5CC(c6cccc(N(C)C7CCC(=O)NC7=O)c6N(C)C=O)C5)CC4)cn3)nc2n1C1CCCC1. The minimum absolute atomic E-state index is 0.00768. The molecule has 7 aromatic rings. The minimum atomic E-state index is -0.480. The van der Waals surface area contributed by atoms with Crippen LogP contribution in [-0.2, 0) is 14.4 Å². The number of piperidine rings is 2. The standard InChI is InChI=1S/C41H51N11O4.C22H29N7O/c1-47(2)40(56)34-20-26-21-43-41(46-38(26)52(34)29-8-5-6-9-29)44-35-14-12-30(22-42-35)50-18-16-28(17-19-50)51-23-27(24-51)31-10-7-11-32(37(31)48(3)25-53)49(4)33-13-15-36(54)45-39(33)55;1-5-28(4)17-10-11-19(23-14-17)25-22-24-13-15-12-18(21(30)27(2)3)29(20(15)26-22)16-8-6-7-9-16/h7,10-12,14,20-22,25,27-29,33H,5-6,8-9,13,15-19,23-24H2,1-4H3,(H,45,54,55)(H,42,43,44,46);10-14,16H,5-9H2,1-4H3,(H,23,24,25,26). The molecule has 0 bridgehead atoms. The molecule has 2 saturated carbocycles. The van der Waals surface area contributed by atoms with Crippen LogP contribution in [0.25, 0.3) is 22.1 Å². The molecule has 6 aromatic heterocycles. The number of imide groups is 1. The maximum absolute atomic E-state index is 13.1. The number of hydrogen-bond acceptors (Lipinski definition) is 17. The Labute approximate surface area is 502 Å². The van der Waals surface area contributed by atoms with Gasteiger partial charge < -0.3 is 49.2 Å². The molecule has 1 aromatic carbocycles. The molecule has 2 aliphatic carbocycles. The van der Waals surface area contributed by atoms with Crippen molar-refractivity contribution in [1.29, 1.82) is 0 Å². The Kier molecular flexibility index (Phi) is 17.5. The molecule has 452 valence electrons. The number of likely N-dealkylation sites (N-methyl/N-ethyl adjacent to an activating group) is 1. The van der Waals surface area contributed by atoms with E-state index in [1.54, 1.807) is 62.3 Å². The normalized spacial score (nSPS) is 17.9. The molecule has 3 aliphatic heterocycles. The first kappa shape index (κ1) is 59.0. The highest BCUT2D eigenvalue weighted by molar-refractivity contribution is 6.02. The average molecular weight is 1170 g/mol. The van der Waals surface area contributed by atoms with Crippen LogP contribution in [0, 0.1) is 0 Å². The Morgan fingerprint density at radius 1 is 0.663 bits per heavy atom. The Bertz CT molecular complexity index is 3600. The number of para-hydroxylation sites is 1. The summed E-state index contributed by atoms with van der Waals surface area (Å²) in [4.78, 5) is 104. The number of carbonyl (C=O) groups excluding carboxylic acids is 5. The fourth-order valence-electron chi connectivity index (χ4n) is 13.0. The first-order valence-corrected chi connectivity index (χ1v) is 30.3. The zero-order valence-electron chi connectivity index (χ0n) is 50.7. The van der Waals surface area contributed by atoms with E-state index in [0.717, 1.165) is 141 Å². The summed E-state index contributed by atoms with van der Waals surface area (Å²) in [6.45, 7) is 6.69. The Morgan fingerprint density at radius 3 is 1.71 bits per heavy atom. The second-order valence-corrected chi connectivity index (χ2v) is 24.0. The maximum Gasteiger partial charge on any atom is 0.270 e. The maximum atomic E-state index is 13.1. The number of aromatic nitrogens is 8. The van der Waals surface area contributed by atoms with Gasteiger partial charge in [-0.05, 0) is 99.9 Å². The Morgan fingerprint density at radius 2 is 1.22 bits per heavy atom. The van der Waals surface area contributed by atoms with Gasteiger partial charge in [-0.25, -0.2) is 19.9 Å². The first-order valence-electron chi connectivity index (χ1n) is 30.3. The lowest BCUT2D eigenvalue weighted by atomic mass is 9.86. The van der Waals surface area contributed by atoms with E-state index in [9.17, 15) is 24.0 Å². The van der Waals surface area contributed by atoms with Crippen LogP contribution >= 0.6 is 0 Å². The highest BCUT2D eigenvalue weighted by Crippen LogP contribution is 2.43. The quantitative estimate of drug-likeness (QED) is 0.0577. The van der Waals surface area contributed by atoms with Gasteiger partial charge in [0.15, 0.2) is 0 Å². The van der Waals surface area contributed by atoms with Gasteiger partial charge in [0.05, 0.1) is 35.1 Å². The second kappa shape index (κ2) is 25.5. The van der Waals surface area contributed by atoms with Gasteiger partial charge in [0.2, 0.25) is 30.1 Å². The molecule has 5 fully saturated rings. The molecule has 23 heteroatoms. The van der Waals surface area contributed by atoms with Crippen LogP contribution < -0.4 is 35.6 Å². The lowest BCUT2D eigenvalue weighted by Gasteiger charge is -2.48. The molecule has 1 unspecified atom stereocenters. The topological polar surface area (TPSA) is 231 Å². The van der Waals surface area contributed by atoms with Crippen LogP contribution in [-0.4, -0.2) is 178 Å². The molecule has 3 saturated heterocycles. The minimum Gasteiger partial charge on any atom is -0.374 e. The van der Waals surface area contributed by atoms with Gasteiger partial charge in [-0.2, -0.15) is 9.97 Å². The zero-order valence-corrected chi connectivity index (χ0v) is 50.7. The van der Waals surface area contributed by atoms with Crippen molar-refractivity contribution in [1.82, 2.24) is 59.1 Å². The molecule has 86 heavy (non-hydrogen) atoms. The predicted octanol–water partition coefficient (Wildman–Crippen LogP) is 8.13. The lowest BCUT2D eigenvalue weighted by Crippen LogP contribution is -2.54. The molecule has 23 nitrogen and oxygen atoms in total. The smallest absolute Gasteiger partial charge is 0.270 e. The van der Waals surface area contributed by atoms with Crippen LogP contribution in [0.2, 0.25) is 0 Å². The number of pyridine rings is 2. The van der Waals surface area contributed by atoms with E-state index in [1.165, 1.54) is 12.8 Å². The Balaban J connectivity index is 0.000000215. The van der Waals surface area contributed by atoms with E-state index in [4.69, 9.17) is 15.0 Å². The number of anilines is 8. The monoisotopic (exact) mass is 1170 g/mol. The van der Waals surface area contributed by atoms with Crippen LogP contribution in [0.5, 0.6) is 0 Å². The van der Waals surface area contributed by atoms with E-state index in [1.807, 2.05) is 73.9 Å². The fraction of sp³-hybridized carbons (Fsp3) is 0.476. The van der Waals surface area contributed by atoms with Gasteiger partial charge in [0.25, 0.3) is 11.8 Å². The molecule has 5 amide bonds. The van der Waals surface area contributed by atoms with E-state index in [0.29, 0.717) is 59.8 Å². The number of likely N-dealkylation sites (tertiary alicyclic amines) is 1. The highest BCUT2D eigenvalue weighted by Gasteiger charge is 2.39. The van der Waals surface area contributed by atoms with Gasteiger partial charge in [0.1, 0.15) is 40.4 Å². The number of nitrogens with zero attached hydrogens (tertiary/aromatic N) is 15. The Hall–Kier alpha value is -8.73. The average Bonchev–Trinajstić information content (AvgIpc) is 1.93. The molecular weight excluding hydrogens is 1090 g/mol. The molecular formula is C63H80N18O5. The van der Waals surface area contributed by atoms with Crippen molar-refractivity contribution < 1.29 is 24.0 Å². The van der Waals surface area contributed by atoms with Crippen LogP contribution in [0.15, 0.2) is 79.4 Å². The number of fused-ring (bicyclic) bond motifs is 2. The third kappa shape index (κ3) is 12.2. The fourth-order valence-corrected chi connectivity index (χ4v) is 13.0. The summed E-state index contributed by atoms with van der Waals surface area (Å²) >= 11 is 0. The first-order chi connectivity index (χ1) is 41.6. The van der Waals surface area contributed by atoms with Crippen molar-refractivity contribution >= 4 is 98.4 Å². The van der Waals surface area contributed by atoms with Gasteiger partial charge in [-0.3, -0.25) is 34.2 Å². The third-order valence-corrected chi connectivity index (χ3v) is 18.0. The second-order valence-electron chi connectivity index (χ2n) is 24.0. The van der Waals surface area contributed by atoms with Crippen molar-refractivity contribution in [2.75, 3.05) is 112 Å². The number of amides is 5. The van der Waals surface area contributed by atoms with E-state index in [-0.39, 0.29) is 35.6 Å². The van der Waals surface area contributed by atoms with Crippen molar-refractivity contribution in [3.63, 3.8) is 0 Å². The summed E-state index contributed by atoms with van der Waals surface area (Å²) in [5, 5.41) is 10.7. The van der Waals surface area contributed by atoms with Crippen molar-refractivity contribution in [3.8, 4) is 0 Å². The number of hydrogen-bond donors (Lipinski definition) is 3. The number of benzene rings is 1. The van der Waals surface area contributed by atoms with Gasteiger partial charge >= 0.3 is 0 Å².